The number of rotatable bonds is 4. The van der Waals surface area contributed by atoms with Gasteiger partial charge >= 0.3 is 12.3 Å². The standard InChI is InChI=1S/C20H21F3N2O3S/c1-19(2,3)28-18(27)25-15(8-9-17-24-16(11-26)12-29-17)10-13-4-6-14(7-5-13)20(21,22)23/h4-7,12,15,26H,10-11H2,1-3H3,(H,25,27). The molecule has 0 aliphatic carbocycles. The maximum atomic E-state index is 12.7. The normalized spacial score (nSPS) is 12.7. The van der Waals surface area contributed by atoms with Crippen LogP contribution in [0.25, 0.3) is 0 Å². The number of ether oxygens (including phenoxy) is 1. The number of thiazole rings is 1. The average molecular weight is 426 g/mol. The molecule has 0 saturated carbocycles. The minimum atomic E-state index is -4.41. The predicted octanol–water partition coefficient (Wildman–Crippen LogP) is 4.14. The molecule has 0 saturated heterocycles. The summed E-state index contributed by atoms with van der Waals surface area (Å²) in [6.45, 7) is 4.95. The van der Waals surface area contributed by atoms with E-state index in [0.717, 1.165) is 12.1 Å². The van der Waals surface area contributed by atoms with Crippen LogP contribution in [0.2, 0.25) is 0 Å². The van der Waals surface area contributed by atoms with Gasteiger partial charge in [-0.2, -0.15) is 13.2 Å². The van der Waals surface area contributed by atoms with Crippen LogP contribution in [0.5, 0.6) is 0 Å². The summed E-state index contributed by atoms with van der Waals surface area (Å²) in [5, 5.41) is 13.8. The van der Waals surface area contributed by atoms with E-state index in [2.05, 4.69) is 22.1 Å². The number of hydrogen-bond acceptors (Lipinski definition) is 5. The lowest BCUT2D eigenvalue weighted by molar-refractivity contribution is -0.137. The lowest BCUT2D eigenvalue weighted by Crippen LogP contribution is -2.39. The molecule has 0 spiro atoms. The lowest BCUT2D eigenvalue weighted by atomic mass is 10.0. The van der Waals surface area contributed by atoms with Gasteiger partial charge in [0.05, 0.1) is 23.9 Å². The number of alkyl halides is 3. The Bertz CT molecular complexity index is 891. The molecule has 1 unspecified atom stereocenters. The summed E-state index contributed by atoms with van der Waals surface area (Å²) in [4.78, 5) is 16.2. The third kappa shape index (κ3) is 7.75. The highest BCUT2D eigenvalue weighted by molar-refractivity contribution is 7.10. The molecule has 0 fully saturated rings. The summed E-state index contributed by atoms with van der Waals surface area (Å²) in [6.07, 6.45) is -4.91. The molecule has 29 heavy (non-hydrogen) atoms. The fourth-order valence-corrected chi connectivity index (χ4v) is 2.90. The molecule has 1 amide bonds. The summed E-state index contributed by atoms with van der Waals surface area (Å²) in [6, 6.07) is 3.97. The zero-order valence-corrected chi connectivity index (χ0v) is 16.9. The number of carbonyl (C=O) groups excluding carboxylic acids is 1. The van der Waals surface area contributed by atoms with E-state index in [-0.39, 0.29) is 13.0 Å². The van der Waals surface area contributed by atoms with Gasteiger partial charge in [0.15, 0.2) is 5.01 Å². The topological polar surface area (TPSA) is 71.5 Å². The van der Waals surface area contributed by atoms with Crippen molar-refractivity contribution in [3.05, 3.63) is 51.5 Å². The molecular formula is C20H21F3N2O3S. The maximum absolute atomic E-state index is 12.7. The van der Waals surface area contributed by atoms with Gasteiger partial charge in [0.1, 0.15) is 5.60 Å². The molecular weight excluding hydrogens is 405 g/mol. The number of amides is 1. The number of aromatic nitrogens is 1. The van der Waals surface area contributed by atoms with Crippen LogP contribution in [0.4, 0.5) is 18.0 Å². The largest absolute Gasteiger partial charge is 0.444 e. The number of alkyl carbamates (subject to hydrolysis) is 1. The van der Waals surface area contributed by atoms with Gasteiger partial charge in [0.2, 0.25) is 0 Å². The number of nitrogens with zero attached hydrogens (tertiary/aromatic N) is 1. The number of nitrogens with one attached hydrogen (secondary N) is 1. The molecule has 2 rings (SSSR count). The predicted molar refractivity (Wildman–Crippen MR) is 103 cm³/mol. The third-order valence-corrected chi connectivity index (χ3v) is 4.29. The zero-order chi connectivity index (χ0) is 21.7. The van der Waals surface area contributed by atoms with Gasteiger partial charge in [0.25, 0.3) is 0 Å². The molecule has 1 aromatic heterocycles. The Labute approximate surface area is 170 Å². The second-order valence-corrected chi connectivity index (χ2v) is 8.03. The SMILES string of the molecule is CC(C)(C)OC(=O)NC(C#Cc1nc(CO)cs1)Cc1ccc(C(F)(F)F)cc1. The number of halogens is 3. The van der Waals surface area contributed by atoms with Crippen LogP contribution in [-0.2, 0) is 23.9 Å². The van der Waals surface area contributed by atoms with Crippen LogP contribution in [0.3, 0.4) is 0 Å². The Hall–Kier alpha value is -2.57. The van der Waals surface area contributed by atoms with Crippen molar-refractivity contribution >= 4 is 17.4 Å². The van der Waals surface area contributed by atoms with Crippen molar-refractivity contribution in [1.29, 1.82) is 0 Å². The first kappa shape index (κ1) is 22.7. The van der Waals surface area contributed by atoms with Gasteiger partial charge in [-0.3, -0.25) is 0 Å². The molecule has 0 aliphatic heterocycles. The minimum absolute atomic E-state index is 0.183. The Morgan fingerprint density at radius 3 is 2.45 bits per heavy atom. The van der Waals surface area contributed by atoms with E-state index in [4.69, 9.17) is 9.84 Å². The summed E-state index contributed by atoms with van der Waals surface area (Å²) < 4.78 is 43.4. The van der Waals surface area contributed by atoms with Gasteiger partial charge in [-0.15, -0.1) is 11.3 Å². The maximum Gasteiger partial charge on any atom is 0.416 e. The quantitative estimate of drug-likeness (QED) is 0.721. The number of aliphatic hydroxyl groups is 1. The molecule has 1 atom stereocenters. The summed E-state index contributed by atoms with van der Waals surface area (Å²) in [5.41, 5.74) is -0.396. The lowest BCUT2D eigenvalue weighted by Gasteiger charge is -2.21. The van der Waals surface area contributed by atoms with Crippen molar-refractivity contribution in [2.75, 3.05) is 0 Å². The van der Waals surface area contributed by atoms with Crippen molar-refractivity contribution in [2.45, 2.75) is 51.6 Å². The highest BCUT2D eigenvalue weighted by Crippen LogP contribution is 2.29. The average Bonchev–Trinajstić information content (AvgIpc) is 3.06. The summed E-state index contributed by atoms with van der Waals surface area (Å²) >= 11 is 1.24. The molecule has 2 aromatic rings. The van der Waals surface area contributed by atoms with E-state index in [1.54, 1.807) is 26.2 Å². The Morgan fingerprint density at radius 2 is 1.93 bits per heavy atom. The number of benzene rings is 1. The fraction of sp³-hybridized carbons (Fsp3) is 0.400. The molecule has 0 bridgehead atoms. The number of carbonyl (C=O) groups is 1. The van der Waals surface area contributed by atoms with Crippen LogP contribution in [0.15, 0.2) is 29.6 Å². The molecule has 5 nitrogen and oxygen atoms in total. The first-order chi connectivity index (χ1) is 13.5. The van der Waals surface area contributed by atoms with Crippen molar-refractivity contribution < 1.29 is 27.8 Å². The van der Waals surface area contributed by atoms with E-state index in [1.807, 2.05) is 0 Å². The Balaban J connectivity index is 2.18. The Kier molecular flexibility index (Phi) is 7.27. The van der Waals surface area contributed by atoms with Crippen LogP contribution in [0.1, 0.15) is 42.6 Å². The van der Waals surface area contributed by atoms with Crippen molar-refractivity contribution in [2.24, 2.45) is 0 Å². The van der Waals surface area contributed by atoms with E-state index >= 15 is 0 Å². The van der Waals surface area contributed by atoms with Gasteiger partial charge in [-0.05, 0) is 44.4 Å². The molecule has 1 heterocycles. The number of hydrogen-bond donors (Lipinski definition) is 2. The molecule has 9 heteroatoms. The van der Waals surface area contributed by atoms with E-state index < -0.39 is 29.5 Å². The van der Waals surface area contributed by atoms with Crippen LogP contribution in [-0.4, -0.2) is 27.8 Å². The monoisotopic (exact) mass is 426 g/mol. The molecule has 2 N–H and O–H groups in total. The van der Waals surface area contributed by atoms with E-state index in [9.17, 15) is 18.0 Å². The van der Waals surface area contributed by atoms with Crippen molar-refractivity contribution in [1.82, 2.24) is 10.3 Å². The van der Waals surface area contributed by atoms with Crippen LogP contribution in [0, 0.1) is 11.8 Å². The molecule has 1 aromatic carbocycles. The van der Waals surface area contributed by atoms with Crippen LogP contribution >= 0.6 is 11.3 Å². The second kappa shape index (κ2) is 9.29. The summed E-state index contributed by atoms with van der Waals surface area (Å²) in [7, 11) is 0. The van der Waals surface area contributed by atoms with Gasteiger partial charge in [-0.25, -0.2) is 9.78 Å². The number of aliphatic hydroxyl groups excluding tert-OH is 1. The van der Waals surface area contributed by atoms with Gasteiger partial charge < -0.3 is 15.2 Å². The van der Waals surface area contributed by atoms with Gasteiger partial charge in [0, 0.05) is 11.8 Å². The smallest absolute Gasteiger partial charge is 0.416 e. The highest BCUT2D eigenvalue weighted by atomic mass is 32.1. The van der Waals surface area contributed by atoms with Crippen molar-refractivity contribution in [3.8, 4) is 11.8 Å². The first-order valence-electron chi connectivity index (χ1n) is 8.69. The second-order valence-electron chi connectivity index (χ2n) is 7.17. The van der Waals surface area contributed by atoms with Gasteiger partial charge in [-0.1, -0.05) is 18.1 Å². The van der Waals surface area contributed by atoms with Crippen LogP contribution < -0.4 is 5.32 Å². The fourth-order valence-electron chi connectivity index (χ4n) is 2.24. The summed E-state index contributed by atoms with van der Waals surface area (Å²) in [5.74, 6) is 5.69. The highest BCUT2D eigenvalue weighted by Gasteiger charge is 2.30. The van der Waals surface area contributed by atoms with E-state index in [0.29, 0.717) is 16.3 Å². The third-order valence-electron chi connectivity index (χ3n) is 3.48. The zero-order valence-electron chi connectivity index (χ0n) is 16.1. The molecule has 156 valence electrons. The van der Waals surface area contributed by atoms with Crippen molar-refractivity contribution in [3.63, 3.8) is 0 Å². The Morgan fingerprint density at radius 1 is 1.28 bits per heavy atom. The minimum Gasteiger partial charge on any atom is -0.444 e. The van der Waals surface area contributed by atoms with E-state index in [1.165, 1.54) is 23.5 Å². The first-order valence-corrected chi connectivity index (χ1v) is 9.56. The molecule has 0 radical (unpaired) electrons. The molecule has 0 aliphatic rings.